The van der Waals surface area contributed by atoms with Crippen LogP contribution in [0.25, 0.3) is 23.0 Å². The van der Waals surface area contributed by atoms with E-state index in [0.717, 1.165) is 17.1 Å². The summed E-state index contributed by atoms with van der Waals surface area (Å²) in [6.07, 6.45) is 1.80. The Morgan fingerprint density at radius 3 is 2.76 bits per heavy atom. The van der Waals surface area contributed by atoms with Gasteiger partial charge < -0.3 is 14.6 Å². The van der Waals surface area contributed by atoms with Crippen LogP contribution in [0.3, 0.4) is 0 Å². The van der Waals surface area contributed by atoms with Crippen LogP contribution in [0.2, 0.25) is 0 Å². The summed E-state index contributed by atoms with van der Waals surface area (Å²) in [7, 11) is 3.24. The maximum absolute atomic E-state index is 13.9. The molecule has 1 aromatic carbocycles. The second-order valence-electron chi connectivity index (χ2n) is 6.40. The number of ether oxygens (including phenoxy) is 1. The molecule has 0 aliphatic heterocycles. The summed E-state index contributed by atoms with van der Waals surface area (Å²) < 4.78 is 26.0. The highest BCUT2D eigenvalue weighted by molar-refractivity contribution is 5.59. The van der Waals surface area contributed by atoms with Crippen molar-refractivity contribution >= 4 is 5.82 Å². The third-order valence-corrected chi connectivity index (χ3v) is 4.45. The molecule has 0 aliphatic rings. The Labute approximate surface area is 166 Å². The Bertz CT molecular complexity index is 1140. The lowest BCUT2D eigenvalue weighted by Crippen LogP contribution is -2.04. The van der Waals surface area contributed by atoms with Crippen LogP contribution >= 0.6 is 0 Å². The highest BCUT2D eigenvalue weighted by Crippen LogP contribution is 2.26. The number of nitrogens with one attached hydrogen (secondary N) is 1. The van der Waals surface area contributed by atoms with Gasteiger partial charge in [0.25, 0.3) is 5.89 Å². The predicted octanol–water partition coefficient (Wildman–Crippen LogP) is 3.54. The van der Waals surface area contributed by atoms with Crippen molar-refractivity contribution in [2.24, 2.45) is 0 Å². The Kier molecular flexibility index (Phi) is 4.94. The molecule has 1 N–H and O–H groups in total. The number of hydrogen-bond acceptors (Lipinski definition) is 7. The van der Waals surface area contributed by atoms with E-state index in [4.69, 9.17) is 9.26 Å². The third kappa shape index (κ3) is 3.79. The Morgan fingerprint density at radius 1 is 1.21 bits per heavy atom. The van der Waals surface area contributed by atoms with Crippen molar-refractivity contribution in [3.63, 3.8) is 0 Å². The standard InChI is InChI=1S/C20H19FN6O2/c1-12-8-16(25-27(12)11-13-4-7-18(22-2)23-10-13)20-24-19(26-29-20)14-5-6-17(28-3)15(21)9-14/h4-10H,11H2,1-3H3,(H,22,23). The highest BCUT2D eigenvalue weighted by Gasteiger charge is 2.16. The van der Waals surface area contributed by atoms with E-state index in [2.05, 4.69) is 25.5 Å². The summed E-state index contributed by atoms with van der Waals surface area (Å²) in [5.41, 5.74) is 3.00. The molecule has 0 atom stereocenters. The van der Waals surface area contributed by atoms with E-state index in [1.54, 1.807) is 12.3 Å². The zero-order chi connectivity index (χ0) is 20.4. The normalized spacial score (nSPS) is 10.9. The van der Waals surface area contributed by atoms with Crippen molar-refractivity contribution in [1.82, 2.24) is 24.9 Å². The van der Waals surface area contributed by atoms with Gasteiger partial charge in [-0.3, -0.25) is 4.68 Å². The van der Waals surface area contributed by atoms with Crippen LogP contribution in [0, 0.1) is 12.7 Å². The minimum Gasteiger partial charge on any atom is -0.494 e. The number of nitrogens with zero attached hydrogens (tertiary/aromatic N) is 5. The van der Waals surface area contributed by atoms with Gasteiger partial charge in [0.2, 0.25) is 5.82 Å². The number of pyridine rings is 1. The molecule has 0 fully saturated rings. The van der Waals surface area contributed by atoms with E-state index in [0.29, 0.717) is 17.8 Å². The third-order valence-electron chi connectivity index (χ3n) is 4.45. The lowest BCUT2D eigenvalue weighted by atomic mass is 10.2. The van der Waals surface area contributed by atoms with Crippen molar-refractivity contribution in [2.75, 3.05) is 19.5 Å². The molecule has 148 valence electrons. The Morgan fingerprint density at radius 2 is 2.07 bits per heavy atom. The number of halogens is 1. The van der Waals surface area contributed by atoms with Gasteiger partial charge in [0.15, 0.2) is 17.3 Å². The average Bonchev–Trinajstić information content (AvgIpc) is 3.36. The molecule has 4 rings (SSSR count). The van der Waals surface area contributed by atoms with Crippen molar-refractivity contribution in [3.05, 3.63) is 59.7 Å². The number of hydrogen-bond donors (Lipinski definition) is 1. The number of benzene rings is 1. The van der Waals surface area contributed by atoms with Crippen LogP contribution in [0.5, 0.6) is 5.75 Å². The maximum atomic E-state index is 13.9. The minimum atomic E-state index is -0.491. The van der Waals surface area contributed by atoms with E-state index >= 15 is 0 Å². The highest BCUT2D eigenvalue weighted by atomic mass is 19.1. The van der Waals surface area contributed by atoms with Crippen LogP contribution in [0.1, 0.15) is 11.3 Å². The van der Waals surface area contributed by atoms with Gasteiger partial charge in [-0.05, 0) is 42.8 Å². The van der Waals surface area contributed by atoms with Crippen LogP contribution in [0.15, 0.2) is 47.1 Å². The number of aryl methyl sites for hydroxylation is 1. The Balaban J connectivity index is 1.56. The SMILES string of the molecule is CNc1ccc(Cn2nc(-c3nc(-c4ccc(OC)c(F)c4)no3)cc2C)cn1. The van der Waals surface area contributed by atoms with Crippen LogP contribution in [-0.4, -0.2) is 39.1 Å². The van der Waals surface area contributed by atoms with Crippen LogP contribution < -0.4 is 10.1 Å². The minimum absolute atomic E-state index is 0.157. The van der Waals surface area contributed by atoms with Gasteiger partial charge in [-0.1, -0.05) is 11.2 Å². The molecular formula is C20H19FN6O2. The van der Waals surface area contributed by atoms with Gasteiger partial charge in [0, 0.05) is 24.5 Å². The van der Waals surface area contributed by atoms with Gasteiger partial charge >= 0.3 is 0 Å². The molecule has 8 nitrogen and oxygen atoms in total. The molecule has 0 unspecified atom stereocenters. The first-order chi connectivity index (χ1) is 14.1. The smallest absolute Gasteiger partial charge is 0.278 e. The summed E-state index contributed by atoms with van der Waals surface area (Å²) in [6.45, 7) is 2.51. The van der Waals surface area contributed by atoms with Gasteiger partial charge in [-0.25, -0.2) is 9.37 Å². The van der Waals surface area contributed by atoms with Crippen molar-refractivity contribution in [3.8, 4) is 28.7 Å². The monoisotopic (exact) mass is 394 g/mol. The van der Waals surface area contributed by atoms with Gasteiger partial charge in [-0.15, -0.1) is 0 Å². The summed E-state index contributed by atoms with van der Waals surface area (Å²) in [4.78, 5) is 8.66. The molecule has 0 radical (unpaired) electrons. The second-order valence-corrected chi connectivity index (χ2v) is 6.40. The maximum Gasteiger partial charge on any atom is 0.278 e. The lowest BCUT2D eigenvalue weighted by molar-refractivity contribution is 0.386. The first-order valence-electron chi connectivity index (χ1n) is 8.92. The number of aromatic nitrogens is 5. The quantitative estimate of drug-likeness (QED) is 0.535. The number of methoxy groups -OCH3 is 1. The zero-order valence-corrected chi connectivity index (χ0v) is 16.2. The van der Waals surface area contributed by atoms with E-state index in [1.807, 2.05) is 36.9 Å². The van der Waals surface area contributed by atoms with E-state index in [1.165, 1.54) is 19.2 Å². The van der Waals surface area contributed by atoms with Crippen molar-refractivity contribution < 1.29 is 13.7 Å². The van der Waals surface area contributed by atoms with Gasteiger partial charge in [0.1, 0.15) is 5.82 Å². The summed E-state index contributed by atoms with van der Waals surface area (Å²) >= 11 is 0. The fourth-order valence-corrected chi connectivity index (χ4v) is 2.86. The molecule has 3 heterocycles. The molecule has 0 amide bonds. The molecule has 0 spiro atoms. The zero-order valence-electron chi connectivity index (χ0n) is 16.2. The molecular weight excluding hydrogens is 375 g/mol. The van der Waals surface area contributed by atoms with Crippen molar-refractivity contribution in [2.45, 2.75) is 13.5 Å². The molecule has 9 heteroatoms. The number of anilines is 1. The van der Waals surface area contributed by atoms with Crippen molar-refractivity contribution in [1.29, 1.82) is 0 Å². The summed E-state index contributed by atoms with van der Waals surface area (Å²) in [6, 6.07) is 10.3. The first-order valence-corrected chi connectivity index (χ1v) is 8.92. The van der Waals surface area contributed by atoms with Crippen LogP contribution in [-0.2, 0) is 6.54 Å². The number of rotatable bonds is 6. The first kappa shape index (κ1) is 18.6. The fourth-order valence-electron chi connectivity index (χ4n) is 2.86. The molecule has 0 saturated carbocycles. The lowest BCUT2D eigenvalue weighted by Gasteiger charge is -2.05. The molecule has 4 aromatic rings. The van der Waals surface area contributed by atoms with Gasteiger partial charge in [-0.2, -0.15) is 10.1 Å². The molecule has 29 heavy (non-hydrogen) atoms. The summed E-state index contributed by atoms with van der Waals surface area (Å²) in [5, 5.41) is 11.5. The summed E-state index contributed by atoms with van der Waals surface area (Å²) in [5.74, 6) is 1.01. The van der Waals surface area contributed by atoms with Crippen LogP contribution in [0.4, 0.5) is 10.2 Å². The van der Waals surface area contributed by atoms with E-state index in [-0.39, 0.29) is 17.5 Å². The predicted molar refractivity (Wildman–Crippen MR) is 105 cm³/mol. The Hall–Kier alpha value is -3.75. The average molecular weight is 394 g/mol. The molecule has 0 saturated heterocycles. The molecule has 3 aromatic heterocycles. The van der Waals surface area contributed by atoms with E-state index < -0.39 is 5.82 Å². The topological polar surface area (TPSA) is 90.9 Å². The fraction of sp³-hybridized carbons (Fsp3) is 0.200. The molecule has 0 aliphatic carbocycles. The molecule has 0 bridgehead atoms. The van der Waals surface area contributed by atoms with E-state index in [9.17, 15) is 4.39 Å². The van der Waals surface area contributed by atoms with Gasteiger partial charge in [0.05, 0.1) is 13.7 Å². The second kappa shape index (κ2) is 7.70. The largest absolute Gasteiger partial charge is 0.494 e.